The summed E-state index contributed by atoms with van der Waals surface area (Å²) in [5, 5.41) is 4.12. The predicted octanol–water partition coefficient (Wildman–Crippen LogP) is 6.00. The molecule has 39 heavy (non-hydrogen) atoms. The van der Waals surface area contributed by atoms with Crippen LogP contribution in [0.3, 0.4) is 0 Å². The van der Waals surface area contributed by atoms with E-state index in [9.17, 15) is 14.0 Å². The standard InChI is InChI=1S/C30H30FN3O4S/c1-19-17-20(10-12-24(19)31)32-27-23-11-13-25(35)34(21-7-3-2-4-8-21)30(23)39-28(27)29(36)33-15-14-22(18-33)38-26-9-5-6-16-37-26/h2-4,7-8,10-13,17,22,26,32H,5-6,9,14-16,18H2,1H3. The highest BCUT2D eigenvalue weighted by Crippen LogP contribution is 2.39. The second-order valence-corrected chi connectivity index (χ2v) is 11.0. The van der Waals surface area contributed by atoms with Gasteiger partial charge in [0.05, 0.1) is 17.5 Å². The molecule has 2 aromatic heterocycles. The number of halogens is 1. The molecule has 2 aliphatic rings. The summed E-state index contributed by atoms with van der Waals surface area (Å²) in [4.78, 5) is 30.0. The Morgan fingerprint density at radius 1 is 1.10 bits per heavy atom. The third kappa shape index (κ3) is 5.22. The van der Waals surface area contributed by atoms with E-state index in [0.29, 0.717) is 46.3 Å². The van der Waals surface area contributed by atoms with Crippen molar-refractivity contribution in [2.45, 2.75) is 45.0 Å². The number of nitrogens with zero attached hydrogens (tertiary/aromatic N) is 2. The lowest BCUT2D eigenvalue weighted by molar-refractivity contribution is -0.184. The van der Waals surface area contributed by atoms with Gasteiger partial charge in [-0.3, -0.25) is 14.2 Å². The number of thiophene rings is 1. The van der Waals surface area contributed by atoms with E-state index in [1.807, 2.05) is 35.2 Å². The summed E-state index contributed by atoms with van der Waals surface area (Å²) in [6.45, 7) is 3.47. The molecule has 4 heterocycles. The molecule has 2 atom stereocenters. The van der Waals surface area contributed by atoms with Crippen molar-refractivity contribution in [2.75, 3.05) is 25.0 Å². The molecule has 1 N–H and O–H groups in total. The molecular formula is C30H30FN3O4S. The lowest BCUT2D eigenvalue weighted by Gasteiger charge is -2.26. The van der Waals surface area contributed by atoms with E-state index in [4.69, 9.17) is 9.47 Å². The second kappa shape index (κ2) is 10.9. The van der Waals surface area contributed by atoms with Crippen LogP contribution in [0.15, 0.2) is 65.5 Å². The van der Waals surface area contributed by atoms with Gasteiger partial charge in [-0.1, -0.05) is 18.2 Å². The minimum absolute atomic E-state index is 0.0786. The second-order valence-electron chi connectivity index (χ2n) is 10.1. The van der Waals surface area contributed by atoms with Gasteiger partial charge in [-0.2, -0.15) is 0 Å². The van der Waals surface area contributed by atoms with Crippen LogP contribution in [0.1, 0.15) is 40.9 Å². The average Bonchev–Trinajstić information content (AvgIpc) is 3.56. The van der Waals surface area contributed by atoms with Gasteiger partial charge in [-0.05, 0) is 74.6 Å². The summed E-state index contributed by atoms with van der Waals surface area (Å²) in [6.07, 6.45) is 3.47. The fraction of sp³-hybridized carbons (Fsp3) is 0.333. The average molecular weight is 548 g/mol. The molecule has 2 aromatic carbocycles. The van der Waals surface area contributed by atoms with Gasteiger partial charge >= 0.3 is 0 Å². The first-order valence-electron chi connectivity index (χ1n) is 13.3. The van der Waals surface area contributed by atoms with Crippen LogP contribution in [0, 0.1) is 12.7 Å². The first kappa shape index (κ1) is 25.7. The SMILES string of the molecule is Cc1cc(Nc2c(C(=O)N3CCC(OC4CCCCO4)C3)sc3c2ccc(=O)n3-c2ccccc2)ccc1F. The maximum atomic E-state index is 14.0. The Morgan fingerprint density at radius 2 is 1.95 bits per heavy atom. The minimum Gasteiger partial charge on any atom is -0.354 e. The number of carbonyl (C=O) groups excluding carboxylic acids is 1. The Kier molecular flexibility index (Phi) is 7.20. The summed E-state index contributed by atoms with van der Waals surface area (Å²) < 4.78 is 27.5. The smallest absolute Gasteiger partial charge is 0.266 e. The predicted molar refractivity (Wildman–Crippen MR) is 151 cm³/mol. The number of nitrogens with one attached hydrogen (secondary N) is 1. The molecule has 6 rings (SSSR count). The van der Waals surface area contributed by atoms with Crippen molar-refractivity contribution in [3.8, 4) is 5.69 Å². The number of amides is 1. The summed E-state index contributed by atoms with van der Waals surface area (Å²) in [5.74, 6) is -0.421. The first-order chi connectivity index (χ1) is 19.0. The lowest BCUT2D eigenvalue weighted by Crippen LogP contribution is -2.32. The summed E-state index contributed by atoms with van der Waals surface area (Å²) in [6, 6.07) is 17.4. The quantitative estimate of drug-likeness (QED) is 0.321. The van der Waals surface area contributed by atoms with Crippen molar-refractivity contribution in [2.24, 2.45) is 0 Å². The third-order valence-corrected chi connectivity index (χ3v) is 8.47. The van der Waals surface area contributed by atoms with E-state index < -0.39 is 0 Å². The molecule has 4 aromatic rings. The number of hydrogen-bond donors (Lipinski definition) is 1. The van der Waals surface area contributed by atoms with E-state index in [1.54, 1.807) is 29.7 Å². The number of pyridine rings is 1. The number of fused-ring (bicyclic) bond motifs is 1. The number of para-hydroxylation sites is 1. The van der Waals surface area contributed by atoms with Crippen molar-refractivity contribution in [1.82, 2.24) is 9.47 Å². The number of anilines is 2. The molecule has 7 nitrogen and oxygen atoms in total. The molecule has 0 radical (unpaired) electrons. The number of ether oxygens (including phenoxy) is 2. The van der Waals surface area contributed by atoms with Gasteiger partial charge in [0.15, 0.2) is 6.29 Å². The summed E-state index contributed by atoms with van der Waals surface area (Å²) in [5.41, 5.74) is 2.31. The Bertz CT molecular complexity index is 1560. The molecule has 0 aliphatic carbocycles. The molecule has 1 amide bonds. The number of carbonyl (C=O) groups is 1. The number of benzene rings is 2. The van der Waals surface area contributed by atoms with E-state index in [2.05, 4.69) is 5.32 Å². The van der Waals surface area contributed by atoms with Gasteiger partial charge in [0, 0.05) is 36.8 Å². The number of likely N-dealkylation sites (tertiary alicyclic amines) is 1. The zero-order valence-electron chi connectivity index (χ0n) is 21.7. The lowest BCUT2D eigenvalue weighted by atomic mass is 10.2. The van der Waals surface area contributed by atoms with Crippen molar-refractivity contribution in [1.29, 1.82) is 0 Å². The minimum atomic E-state index is -0.296. The van der Waals surface area contributed by atoms with E-state index in [0.717, 1.165) is 36.8 Å². The van der Waals surface area contributed by atoms with Crippen LogP contribution >= 0.6 is 11.3 Å². The zero-order valence-corrected chi connectivity index (χ0v) is 22.5. The molecule has 0 saturated carbocycles. The topological polar surface area (TPSA) is 72.8 Å². The molecule has 2 aliphatic heterocycles. The molecule has 0 bridgehead atoms. The van der Waals surface area contributed by atoms with Crippen LogP contribution < -0.4 is 10.9 Å². The van der Waals surface area contributed by atoms with Gasteiger partial charge in [-0.25, -0.2) is 4.39 Å². The molecule has 9 heteroatoms. The van der Waals surface area contributed by atoms with Gasteiger partial charge in [-0.15, -0.1) is 11.3 Å². The highest BCUT2D eigenvalue weighted by Gasteiger charge is 2.33. The molecular weight excluding hydrogens is 517 g/mol. The van der Waals surface area contributed by atoms with Crippen molar-refractivity contribution in [3.63, 3.8) is 0 Å². The molecule has 0 spiro atoms. The monoisotopic (exact) mass is 547 g/mol. The Morgan fingerprint density at radius 3 is 2.72 bits per heavy atom. The fourth-order valence-corrected chi connectivity index (χ4v) is 6.48. The largest absolute Gasteiger partial charge is 0.354 e. The molecule has 2 fully saturated rings. The van der Waals surface area contributed by atoms with Gasteiger partial charge in [0.1, 0.15) is 15.5 Å². The van der Waals surface area contributed by atoms with Crippen LogP contribution in [0.2, 0.25) is 0 Å². The summed E-state index contributed by atoms with van der Waals surface area (Å²) >= 11 is 1.29. The zero-order chi connectivity index (χ0) is 26.9. The number of aryl methyl sites for hydroxylation is 1. The fourth-order valence-electron chi connectivity index (χ4n) is 5.25. The van der Waals surface area contributed by atoms with E-state index in [-0.39, 0.29) is 29.7 Å². The number of aromatic nitrogens is 1. The van der Waals surface area contributed by atoms with Crippen molar-refractivity contribution < 1.29 is 18.7 Å². The third-order valence-electron chi connectivity index (χ3n) is 7.29. The van der Waals surface area contributed by atoms with Crippen LogP contribution in [0.4, 0.5) is 15.8 Å². The Balaban J connectivity index is 1.38. The van der Waals surface area contributed by atoms with Gasteiger partial charge < -0.3 is 19.7 Å². The van der Waals surface area contributed by atoms with Crippen LogP contribution in [0.25, 0.3) is 15.9 Å². The number of hydrogen-bond acceptors (Lipinski definition) is 6. The highest BCUT2D eigenvalue weighted by molar-refractivity contribution is 7.21. The van der Waals surface area contributed by atoms with Crippen LogP contribution in [-0.2, 0) is 9.47 Å². The first-order valence-corrected chi connectivity index (χ1v) is 14.1. The van der Waals surface area contributed by atoms with Gasteiger partial charge in [0.2, 0.25) is 0 Å². The molecule has 202 valence electrons. The van der Waals surface area contributed by atoms with Crippen molar-refractivity contribution in [3.05, 3.63) is 87.3 Å². The van der Waals surface area contributed by atoms with Crippen LogP contribution in [0.5, 0.6) is 0 Å². The number of rotatable bonds is 6. The molecule has 2 unspecified atom stereocenters. The maximum Gasteiger partial charge on any atom is 0.266 e. The maximum absolute atomic E-state index is 14.0. The summed E-state index contributed by atoms with van der Waals surface area (Å²) in [7, 11) is 0. The Hall–Kier alpha value is -3.53. The van der Waals surface area contributed by atoms with Gasteiger partial charge in [0.25, 0.3) is 11.5 Å². The van der Waals surface area contributed by atoms with Crippen molar-refractivity contribution >= 4 is 38.8 Å². The van der Waals surface area contributed by atoms with E-state index in [1.165, 1.54) is 23.5 Å². The Labute approximate surface area is 229 Å². The normalized spacial score (nSPS) is 19.5. The molecule has 2 saturated heterocycles. The van der Waals surface area contributed by atoms with E-state index >= 15 is 0 Å². The highest BCUT2D eigenvalue weighted by atomic mass is 32.1. The van der Waals surface area contributed by atoms with Crippen LogP contribution in [-0.4, -0.2) is 47.5 Å².